The normalized spacial score (nSPS) is 12.3. The Labute approximate surface area is 141 Å². The van der Waals surface area contributed by atoms with E-state index in [-0.39, 0.29) is 5.92 Å². The maximum Gasteiger partial charge on any atom is 0.0565 e. The Bertz CT molecular complexity index is 736. The fourth-order valence-electron chi connectivity index (χ4n) is 2.86. The number of benzene rings is 2. The molecule has 0 radical (unpaired) electrons. The van der Waals surface area contributed by atoms with Crippen LogP contribution in [-0.4, -0.2) is 23.8 Å². The van der Waals surface area contributed by atoms with Gasteiger partial charge >= 0.3 is 0 Å². The summed E-state index contributed by atoms with van der Waals surface area (Å²) < 4.78 is 0. The van der Waals surface area contributed by atoms with Crippen LogP contribution < -0.4 is 5.32 Å². The number of aromatic amines is 1. The lowest BCUT2D eigenvalue weighted by molar-refractivity contribution is 0.662. The molecule has 0 aliphatic carbocycles. The number of halogens is 1. The first-order chi connectivity index (χ1) is 11.3. The number of hydrogen-bond donors (Lipinski definition) is 2. The zero-order chi connectivity index (χ0) is 16.1. The van der Waals surface area contributed by atoms with Crippen LogP contribution in [0.1, 0.15) is 23.5 Å². The van der Waals surface area contributed by atoms with E-state index in [0.29, 0.717) is 0 Å². The van der Waals surface area contributed by atoms with Crippen LogP contribution in [0.3, 0.4) is 0 Å². The van der Waals surface area contributed by atoms with Crippen molar-refractivity contribution in [2.75, 3.05) is 13.6 Å². The van der Waals surface area contributed by atoms with E-state index in [4.69, 9.17) is 11.6 Å². The highest BCUT2D eigenvalue weighted by atomic mass is 35.5. The minimum absolute atomic E-state index is 0.287. The molecule has 3 rings (SSSR count). The van der Waals surface area contributed by atoms with Gasteiger partial charge in [0.05, 0.1) is 6.20 Å². The number of hydrogen-bond acceptors (Lipinski definition) is 2. The van der Waals surface area contributed by atoms with Crippen LogP contribution in [-0.2, 0) is 0 Å². The number of nitrogens with zero attached hydrogens (tertiary/aromatic N) is 1. The van der Waals surface area contributed by atoms with Gasteiger partial charge in [-0.25, -0.2) is 0 Å². The molecule has 0 spiro atoms. The van der Waals surface area contributed by atoms with Crippen molar-refractivity contribution in [2.45, 2.75) is 12.3 Å². The summed E-state index contributed by atoms with van der Waals surface area (Å²) in [6.07, 6.45) is 4.74. The first-order valence-corrected chi connectivity index (χ1v) is 8.15. The maximum absolute atomic E-state index is 6.43. The molecule has 1 unspecified atom stereocenters. The molecular formula is C19H20ClN3. The van der Waals surface area contributed by atoms with E-state index in [1.807, 2.05) is 37.6 Å². The van der Waals surface area contributed by atoms with Crippen molar-refractivity contribution in [3.05, 3.63) is 77.1 Å². The van der Waals surface area contributed by atoms with Gasteiger partial charge in [-0.05, 0) is 42.8 Å². The van der Waals surface area contributed by atoms with Crippen molar-refractivity contribution in [1.29, 1.82) is 0 Å². The van der Waals surface area contributed by atoms with E-state index in [1.165, 1.54) is 11.1 Å². The number of H-pyrrole nitrogens is 1. The van der Waals surface area contributed by atoms with Gasteiger partial charge in [0.1, 0.15) is 0 Å². The van der Waals surface area contributed by atoms with Crippen LogP contribution in [0.2, 0.25) is 5.02 Å². The van der Waals surface area contributed by atoms with E-state index in [0.717, 1.165) is 29.1 Å². The van der Waals surface area contributed by atoms with Crippen LogP contribution in [0, 0.1) is 0 Å². The summed E-state index contributed by atoms with van der Waals surface area (Å²) in [5.41, 5.74) is 4.72. The third-order valence-electron chi connectivity index (χ3n) is 4.11. The third kappa shape index (κ3) is 3.63. The highest BCUT2D eigenvalue weighted by molar-refractivity contribution is 6.31. The Morgan fingerprint density at radius 1 is 1.09 bits per heavy atom. The van der Waals surface area contributed by atoms with Gasteiger partial charge in [0.15, 0.2) is 0 Å². The molecule has 0 saturated carbocycles. The number of rotatable bonds is 6. The first kappa shape index (κ1) is 15.8. The second-order valence-corrected chi connectivity index (χ2v) is 5.98. The topological polar surface area (TPSA) is 40.7 Å². The van der Waals surface area contributed by atoms with Crippen LogP contribution in [0.15, 0.2) is 60.9 Å². The summed E-state index contributed by atoms with van der Waals surface area (Å²) >= 11 is 6.43. The Morgan fingerprint density at radius 3 is 2.52 bits per heavy atom. The van der Waals surface area contributed by atoms with Crippen LogP contribution >= 0.6 is 11.6 Å². The molecule has 1 atom stereocenters. The zero-order valence-electron chi connectivity index (χ0n) is 13.1. The Morgan fingerprint density at radius 2 is 1.87 bits per heavy atom. The second kappa shape index (κ2) is 7.44. The Balaban J connectivity index is 1.92. The van der Waals surface area contributed by atoms with Gasteiger partial charge in [-0.1, -0.05) is 54.1 Å². The number of nitrogens with one attached hydrogen (secondary N) is 2. The van der Waals surface area contributed by atoms with Gasteiger partial charge in [0.25, 0.3) is 0 Å². The summed E-state index contributed by atoms with van der Waals surface area (Å²) in [6, 6.07) is 16.8. The molecule has 0 aliphatic heterocycles. The summed E-state index contributed by atoms with van der Waals surface area (Å²) in [4.78, 5) is 0. The van der Waals surface area contributed by atoms with Gasteiger partial charge in [-0.2, -0.15) is 5.10 Å². The largest absolute Gasteiger partial charge is 0.320 e. The molecule has 0 aliphatic rings. The van der Waals surface area contributed by atoms with E-state index in [2.05, 4.69) is 45.8 Å². The SMILES string of the molecule is CNCCC(c1ccc(-c2cn[nH]c2)cc1)c1ccccc1Cl. The van der Waals surface area contributed by atoms with Crippen molar-refractivity contribution in [2.24, 2.45) is 0 Å². The van der Waals surface area contributed by atoms with Crippen LogP contribution in [0.25, 0.3) is 11.1 Å². The fourth-order valence-corrected chi connectivity index (χ4v) is 3.13. The lowest BCUT2D eigenvalue weighted by atomic mass is 9.87. The lowest BCUT2D eigenvalue weighted by Crippen LogP contribution is -2.13. The zero-order valence-corrected chi connectivity index (χ0v) is 13.8. The van der Waals surface area contributed by atoms with E-state index in [9.17, 15) is 0 Å². The molecule has 2 aromatic carbocycles. The molecule has 0 amide bonds. The predicted molar refractivity (Wildman–Crippen MR) is 95.9 cm³/mol. The van der Waals surface area contributed by atoms with Crippen molar-refractivity contribution in [3.8, 4) is 11.1 Å². The molecule has 1 heterocycles. The van der Waals surface area contributed by atoms with E-state index < -0.39 is 0 Å². The second-order valence-electron chi connectivity index (χ2n) is 5.58. The highest BCUT2D eigenvalue weighted by Gasteiger charge is 2.16. The third-order valence-corrected chi connectivity index (χ3v) is 4.45. The molecule has 118 valence electrons. The molecular weight excluding hydrogens is 306 g/mol. The quantitative estimate of drug-likeness (QED) is 0.702. The fraction of sp³-hybridized carbons (Fsp3) is 0.211. The molecule has 23 heavy (non-hydrogen) atoms. The van der Waals surface area contributed by atoms with E-state index >= 15 is 0 Å². The van der Waals surface area contributed by atoms with Gasteiger partial charge in [-0.3, -0.25) is 5.10 Å². The van der Waals surface area contributed by atoms with Crippen molar-refractivity contribution in [3.63, 3.8) is 0 Å². The van der Waals surface area contributed by atoms with Crippen LogP contribution in [0.4, 0.5) is 0 Å². The highest BCUT2D eigenvalue weighted by Crippen LogP contribution is 2.33. The molecule has 0 bridgehead atoms. The van der Waals surface area contributed by atoms with Crippen molar-refractivity contribution in [1.82, 2.24) is 15.5 Å². The predicted octanol–water partition coefficient (Wildman–Crippen LogP) is 4.47. The smallest absolute Gasteiger partial charge is 0.0565 e. The van der Waals surface area contributed by atoms with Crippen molar-refractivity contribution < 1.29 is 0 Å². The minimum atomic E-state index is 0.287. The minimum Gasteiger partial charge on any atom is -0.320 e. The molecule has 1 aromatic heterocycles. The Kier molecular flexibility index (Phi) is 5.11. The maximum atomic E-state index is 6.43. The Hall–Kier alpha value is -2.10. The van der Waals surface area contributed by atoms with Gasteiger partial charge < -0.3 is 5.32 Å². The summed E-state index contributed by atoms with van der Waals surface area (Å²) in [5, 5.41) is 10.9. The lowest BCUT2D eigenvalue weighted by Gasteiger charge is -2.19. The standard InChI is InChI=1S/C19H20ClN3/c1-21-11-10-17(18-4-2-3-5-19(18)20)15-8-6-14(7-9-15)16-12-22-23-13-16/h2-9,12-13,17,21H,10-11H2,1H3,(H,22,23). The van der Waals surface area contributed by atoms with Crippen LogP contribution in [0.5, 0.6) is 0 Å². The van der Waals surface area contributed by atoms with Gasteiger partial charge in [0.2, 0.25) is 0 Å². The molecule has 3 nitrogen and oxygen atoms in total. The number of aromatic nitrogens is 2. The summed E-state index contributed by atoms with van der Waals surface area (Å²) in [7, 11) is 1.98. The molecule has 0 saturated heterocycles. The molecule has 4 heteroatoms. The molecule has 0 fully saturated rings. The summed E-state index contributed by atoms with van der Waals surface area (Å²) in [5.74, 6) is 0.287. The average Bonchev–Trinajstić information content (AvgIpc) is 3.12. The first-order valence-electron chi connectivity index (χ1n) is 7.77. The van der Waals surface area contributed by atoms with Gasteiger partial charge in [-0.15, -0.1) is 0 Å². The molecule has 2 N–H and O–H groups in total. The summed E-state index contributed by atoms with van der Waals surface area (Å²) in [6.45, 7) is 0.944. The van der Waals surface area contributed by atoms with Gasteiger partial charge in [0, 0.05) is 22.7 Å². The van der Waals surface area contributed by atoms with Crippen molar-refractivity contribution >= 4 is 11.6 Å². The average molecular weight is 326 g/mol. The monoisotopic (exact) mass is 325 g/mol. The van der Waals surface area contributed by atoms with E-state index in [1.54, 1.807) is 0 Å². The molecule has 3 aromatic rings.